The van der Waals surface area contributed by atoms with Crippen molar-refractivity contribution in [2.24, 2.45) is 5.16 Å². The van der Waals surface area contributed by atoms with Crippen LogP contribution in [-0.2, 0) is 16.1 Å². The summed E-state index contributed by atoms with van der Waals surface area (Å²) in [5.41, 5.74) is -1.76. The van der Waals surface area contributed by atoms with Gasteiger partial charge in [-0.05, 0) is 39.2 Å². The Morgan fingerprint density at radius 2 is 1.96 bits per heavy atom. The summed E-state index contributed by atoms with van der Waals surface area (Å²) in [6, 6.07) is 2.11. The number of hydrogen-bond acceptors (Lipinski definition) is 8. The lowest BCUT2D eigenvalue weighted by Gasteiger charge is -2.42. The van der Waals surface area contributed by atoms with Gasteiger partial charge in [0, 0.05) is 43.4 Å². The van der Waals surface area contributed by atoms with Crippen LogP contribution in [0.1, 0.15) is 105 Å². The van der Waals surface area contributed by atoms with Crippen molar-refractivity contribution in [3.63, 3.8) is 0 Å². The number of fused-ring (bicyclic) bond motifs is 5. The van der Waals surface area contributed by atoms with E-state index in [9.17, 15) is 28.0 Å². The van der Waals surface area contributed by atoms with E-state index >= 15 is 0 Å². The number of nitrogens with one attached hydrogen (secondary N) is 1. The molecule has 0 radical (unpaired) electrons. The third kappa shape index (κ3) is 6.57. The van der Waals surface area contributed by atoms with Gasteiger partial charge in [0.2, 0.25) is 11.2 Å². The largest absolute Gasteiger partial charge is 0.514 e. The van der Waals surface area contributed by atoms with Crippen LogP contribution in [-0.4, -0.2) is 57.9 Å². The monoisotopic (exact) mass is 628 g/mol. The van der Waals surface area contributed by atoms with Crippen molar-refractivity contribution in [3.8, 4) is 5.75 Å². The van der Waals surface area contributed by atoms with E-state index in [1.807, 2.05) is 13.8 Å². The molecule has 2 amide bonds. The Bertz CT molecular complexity index is 1580. The van der Waals surface area contributed by atoms with Crippen LogP contribution in [0, 0.1) is 11.6 Å². The van der Waals surface area contributed by atoms with E-state index in [1.54, 1.807) is 4.90 Å². The van der Waals surface area contributed by atoms with Crippen LogP contribution < -0.4 is 15.5 Å². The van der Waals surface area contributed by atoms with Gasteiger partial charge in [0.05, 0.1) is 18.4 Å². The Hall–Kier alpha value is -4.29. The van der Waals surface area contributed by atoms with E-state index in [2.05, 4.69) is 17.4 Å². The predicted octanol–water partition coefficient (Wildman–Crippen LogP) is 5.26. The minimum atomic E-state index is -1.17. The maximum Gasteiger partial charge on any atom is 0.514 e. The third-order valence-electron chi connectivity index (χ3n) is 8.78. The van der Waals surface area contributed by atoms with Gasteiger partial charge in [0.15, 0.2) is 11.3 Å². The predicted molar refractivity (Wildman–Crippen MR) is 159 cm³/mol. The molecular formula is C32H38F2N4O7. The van der Waals surface area contributed by atoms with Gasteiger partial charge < -0.3 is 29.1 Å². The maximum atomic E-state index is 14.3. The second-order valence-electron chi connectivity index (χ2n) is 12.0. The van der Waals surface area contributed by atoms with Gasteiger partial charge in [0.1, 0.15) is 17.2 Å². The molecule has 4 heterocycles. The smallest absolute Gasteiger partial charge is 0.434 e. The fourth-order valence-electron chi connectivity index (χ4n) is 6.28. The molecule has 1 aromatic heterocycles. The molecule has 0 unspecified atom stereocenters. The molecule has 2 aromatic rings. The SMILES string of the molecule is CCCCCCCOC(=O)Oc1c2n(cc(C(=O)NCc3ccc(F)cc3F)c1=O)[C@@H]1CN(C2=O)[C@@H](C)CC[C@]12CC(C)=NO2. The minimum Gasteiger partial charge on any atom is -0.434 e. The molecule has 1 saturated heterocycles. The molecule has 2 bridgehead atoms. The van der Waals surface area contributed by atoms with Gasteiger partial charge in [-0.1, -0.05) is 43.8 Å². The summed E-state index contributed by atoms with van der Waals surface area (Å²) in [6.45, 7) is 5.74. The van der Waals surface area contributed by atoms with Crippen molar-refractivity contribution in [3.05, 3.63) is 63.1 Å². The molecule has 0 aliphatic carbocycles. The van der Waals surface area contributed by atoms with Gasteiger partial charge in [-0.2, -0.15) is 0 Å². The van der Waals surface area contributed by atoms with Gasteiger partial charge in [-0.25, -0.2) is 13.6 Å². The van der Waals surface area contributed by atoms with Crippen LogP contribution in [0.5, 0.6) is 5.75 Å². The van der Waals surface area contributed by atoms with Gasteiger partial charge in [-0.15, -0.1) is 0 Å². The first-order chi connectivity index (χ1) is 21.5. The van der Waals surface area contributed by atoms with E-state index in [0.29, 0.717) is 31.7 Å². The summed E-state index contributed by atoms with van der Waals surface area (Å²) in [5, 5.41) is 6.67. The molecule has 3 aliphatic heterocycles. The number of hydrogen-bond donors (Lipinski definition) is 1. The second-order valence-corrected chi connectivity index (χ2v) is 12.0. The van der Waals surface area contributed by atoms with Crippen LogP contribution in [0.2, 0.25) is 0 Å². The number of amides is 2. The van der Waals surface area contributed by atoms with Crippen LogP contribution in [0.3, 0.4) is 0 Å². The maximum absolute atomic E-state index is 14.3. The average molecular weight is 629 g/mol. The molecule has 3 aliphatic rings. The Kier molecular flexibility index (Phi) is 9.54. The molecule has 11 nitrogen and oxygen atoms in total. The Balaban J connectivity index is 1.52. The van der Waals surface area contributed by atoms with Crippen LogP contribution in [0.15, 0.2) is 34.3 Å². The molecule has 1 spiro atoms. The first-order valence-electron chi connectivity index (χ1n) is 15.4. The fraction of sp³-hybridized carbons (Fsp3) is 0.531. The van der Waals surface area contributed by atoms with E-state index in [4.69, 9.17) is 14.3 Å². The average Bonchev–Trinajstić information content (AvgIpc) is 3.33. The molecule has 1 N–H and O–H groups in total. The van der Waals surface area contributed by atoms with Crippen molar-refractivity contribution >= 4 is 23.7 Å². The molecular weight excluding hydrogens is 590 g/mol. The summed E-state index contributed by atoms with van der Waals surface area (Å²) in [6.07, 6.45) is 6.22. The topological polar surface area (TPSA) is 129 Å². The highest BCUT2D eigenvalue weighted by molar-refractivity contribution is 6.00. The first kappa shape index (κ1) is 32.1. The standard InChI is InChI=1S/C32H38F2N4O7/c1-4-5-6-7-8-13-43-31(42)44-28-26-30(41)37-18-25(32(12-11-20(37)3)15-19(2)36-45-32)38(26)17-23(27(28)39)29(40)35-16-21-9-10-22(33)14-24(21)34/h9-10,14,17,20,25H,4-8,11-13,15-16,18H2,1-3H3,(H,35,40)/t20-,25+,32-/m0/s1. The number of unbranched alkanes of at least 4 members (excludes halogenated alkanes) is 4. The van der Waals surface area contributed by atoms with Gasteiger partial charge >= 0.3 is 6.16 Å². The van der Waals surface area contributed by atoms with Gasteiger partial charge in [0.25, 0.3) is 11.8 Å². The Labute approximate surface area is 259 Å². The molecule has 0 saturated carbocycles. The number of ether oxygens (including phenoxy) is 2. The molecule has 45 heavy (non-hydrogen) atoms. The lowest BCUT2D eigenvalue weighted by molar-refractivity contribution is -0.0655. The lowest BCUT2D eigenvalue weighted by atomic mass is 9.84. The number of rotatable bonds is 10. The van der Waals surface area contributed by atoms with Crippen LogP contribution in [0.4, 0.5) is 13.6 Å². The number of aromatic nitrogens is 1. The van der Waals surface area contributed by atoms with Gasteiger partial charge in [-0.3, -0.25) is 14.4 Å². The number of pyridine rings is 1. The highest BCUT2D eigenvalue weighted by Gasteiger charge is 2.54. The Morgan fingerprint density at radius 1 is 1.18 bits per heavy atom. The van der Waals surface area contributed by atoms with Crippen molar-refractivity contribution in [1.29, 1.82) is 0 Å². The number of halogens is 2. The summed E-state index contributed by atoms with van der Waals surface area (Å²) in [4.78, 5) is 61.7. The zero-order chi connectivity index (χ0) is 32.3. The first-order valence-corrected chi connectivity index (χ1v) is 15.4. The van der Waals surface area contributed by atoms with E-state index in [-0.39, 0.29) is 37.0 Å². The number of benzene rings is 1. The molecule has 1 aromatic carbocycles. The van der Waals surface area contributed by atoms with Crippen molar-refractivity contribution in [1.82, 2.24) is 14.8 Å². The summed E-state index contributed by atoms with van der Waals surface area (Å²) in [5.74, 6) is -3.71. The molecule has 242 valence electrons. The molecule has 13 heteroatoms. The number of oxime groups is 1. The summed E-state index contributed by atoms with van der Waals surface area (Å²) in [7, 11) is 0. The lowest BCUT2D eigenvalue weighted by Crippen LogP contribution is -2.52. The normalized spacial score (nSPS) is 21.9. The molecule has 1 fully saturated rings. The number of nitrogens with zero attached hydrogens (tertiary/aromatic N) is 3. The summed E-state index contributed by atoms with van der Waals surface area (Å²) < 4.78 is 39.8. The Morgan fingerprint density at radius 3 is 2.67 bits per heavy atom. The van der Waals surface area contributed by atoms with Crippen LogP contribution in [0.25, 0.3) is 0 Å². The van der Waals surface area contributed by atoms with Crippen molar-refractivity contribution in [2.45, 2.75) is 96.4 Å². The third-order valence-corrected chi connectivity index (χ3v) is 8.78. The molecule has 5 rings (SSSR count). The van der Waals surface area contributed by atoms with Crippen molar-refractivity contribution in [2.75, 3.05) is 13.2 Å². The highest BCUT2D eigenvalue weighted by Crippen LogP contribution is 2.46. The zero-order valence-electron chi connectivity index (χ0n) is 25.7. The van der Waals surface area contributed by atoms with E-state index < -0.39 is 58.0 Å². The van der Waals surface area contributed by atoms with E-state index in [0.717, 1.165) is 37.5 Å². The molecule has 3 atom stereocenters. The second kappa shape index (κ2) is 13.4. The highest BCUT2D eigenvalue weighted by atomic mass is 19.1. The van der Waals surface area contributed by atoms with Crippen LogP contribution >= 0.6 is 0 Å². The van der Waals surface area contributed by atoms with Crippen molar-refractivity contribution < 1.29 is 37.5 Å². The van der Waals surface area contributed by atoms with E-state index in [1.165, 1.54) is 16.8 Å². The zero-order valence-corrected chi connectivity index (χ0v) is 25.7. The summed E-state index contributed by atoms with van der Waals surface area (Å²) >= 11 is 0. The number of carbonyl (C=O) groups is 3. The number of carbonyl (C=O) groups excluding carboxylic acids is 3. The quantitative estimate of drug-likeness (QED) is 0.281. The minimum absolute atomic E-state index is 0.00342. The fourth-order valence-corrected chi connectivity index (χ4v) is 6.28.